The van der Waals surface area contributed by atoms with Crippen molar-refractivity contribution in [3.05, 3.63) is 47.9 Å². The van der Waals surface area contributed by atoms with Crippen LogP contribution in [0.4, 0.5) is 0 Å². The smallest absolute Gasteiger partial charge is 0.229 e. The molecule has 0 N–H and O–H groups in total. The predicted molar refractivity (Wildman–Crippen MR) is 102 cm³/mol. The van der Waals surface area contributed by atoms with Crippen LogP contribution >= 0.6 is 11.5 Å². The number of carbonyl (C=O) groups is 1. The molecule has 1 amide bonds. The number of piperidine rings is 1. The molecule has 5 rings (SSSR count). The van der Waals surface area contributed by atoms with Gasteiger partial charge in [-0.2, -0.15) is 9.47 Å². The van der Waals surface area contributed by atoms with Gasteiger partial charge in [0.1, 0.15) is 0 Å². The zero-order chi connectivity index (χ0) is 17.7. The van der Waals surface area contributed by atoms with Crippen LogP contribution in [0.1, 0.15) is 43.0 Å². The lowest BCUT2D eigenvalue weighted by atomic mass is 9.87. The fourth-order valence-corrected chi connectivity index (χ4v) is 5.71. The summed E-state index contributed by atoms with van der Waals surface area (Å²) in [6.45, 7) is 0. The fraction of sp³-hybridized carbons (Fsp3) is 0.450. The van der Waals surface area contributed by atoms with E-state index in [4.69, 9.17) is 0 Å². The molecule has 2 aromatic heterocycles. The molecule has 1 aromatic carbocycles. The normalized spacial score (nSPS) is 25.1. The summed E-state index contributed by atoms with van der Waals surface area (Å²) < 4.78 is 7.70. The number of fused-ring (bicyclic) bond motifs is 3. The van der Waals surface area contributed by atoms with Crippen LogP contribution in [0.5, 0.6) is 0 Å². The maximum absolute atomic E-state index is 13.1. The van der Waals surface area contributed by atoms with Crippen molar-refractivity contribution in [3.8, 4) is 0 Å². The summed E-state index contributed by atoms with van der Waals surface area (Å²) in [5.74, 6) is 0.765. The second-order valence-electron chi connectivity index (χ2n) is 7.54. The summed E-state index contributed by atoms with van der Waals surface area (Å²) in [6, 6.07) is 11.1. The van der Waals surface area contributed by atoms with E-state index in [0.717, 1.165) is 41.5 Å². The van der Waals surface area contributed by atoms with Crippen LogP contribution in [0, 0.1) is 0 Å². The molecule has 6 heteroatoms. The van der Waals surface area contributed by atoms with Crippen molar-refractivity contribution in [1.29, 1.82) is 0 Å². The Morgan fingerprint density at radius 2 is 1.96 bits per heavy atom. The number of carbonyl (C=O) groups excluding carboxylic acids is 1. The average Bonchev–Trinajstić information content (AvgIpc) is 3.32. The van der Waals surface area contributed by atoms with Crippen molar-refractivity contribution in [2.75, 3.05) is 0 Å². The van der Waals surface area contributed by atoms with Crippen LogP contribution in [-0.4, -0.2) is 37.0 Å². The Bertz CT molecular complexity index is 948. The number of nitrogens with zero attached hydrogens (tertiary/aromatic N) is 4. The molecule has 2 aliphatic rings. The number of rotatable bonds is 3. The second kappa shape index (κ2) is 6.20. The van der Waals surface area contributed by atoms with Crippen molar-refractivity contribution in [2.24, 2.45) is 7.05 Å². The molecule has 3 aromatic rings. The fourth-order valence-electron chi connectivity index (χ4n) is 4.91. The summed E-state index contributed by atoms with van der Waals surface area (Å²) in [7, 11) is 2.02. The van der Waals surface area contributed by atoms with Crippen LogP contribution in [0.3, 0.4) is 0 Å². The molecule has 0 radical (unpaired) electrons. The Labute approximate surface area is 156 Å². The largest absolute Gasteiger partial charge is 0.336 e. The van der Waals surface area contributed by atoms with Crippen molar-refractivity contribution in [2.45, 2.75) is 50.1 Å². The molecule has 2 unspecified atom stereocenters. The molecule has 134 valence electrons. The van der Waals surface area contributed by atoms with Gasteiger partial charge < -0.3 is 4.90 Å². The lowest BCUT2D eigenvalue weighted by Crippen LogP contribution is -2.47. The van der Waals surface area contributed by atoms with Crippen molar-refractivity contribution < 1.29 is 4.79 Å². The van der Waals surface area contributed by atoms with E-state index in [1.165, 1.54) is 17.2 Å². The highest BCUT2D eigenvalue weighted by molar-refractivity contribution is 7.13. The second-order valence-corrected chi connectivity index (χ2v) is 8.34. The van der Waals surface area contributed by atoms with E-state index in [9.17, 15) is 4.79 Å². The third-order valence-corrected chi connectivity index (χ3v) is 6.93. The Hall–Kier alpha value is -2.21. The first-order chi connectivity index (χ1) is 12.7. The lowest BCUT2D eigenvalue weighted by molar-refractivity contribution is -0.135. The van der Waals surface area contributed by atoms with Crippen molar-refractivity contribution >= 4 is 27.5 Å². The zero-order valence-corrected chi connectivity index (χ0v) is 15.7. The maximum atomic E-state index is 13.1. The number of hydrogen-bond donors (Lipinski definition) is 0. The maximum Gasteiger partial charge on any atom is 0.229 e. The van der Waals surface area contributed by atoms with Gasteiger partial charge in [-0.05, 0) is 49.3 Å². The third-order valence-electron chi connectivity index (χ3n) is 6.07. The molecule has 2 saturated heterocycles. The first kappa shape index (κ1) is 16.0. The SMILES string of the molecule is Cn1nccc1C1CC2CCC(C1)N2C(=O)Cc1nsc2ccccc12. The first-order valence-electron chi connectivity index (χ1n) is 9.33. The van der Waals surface area contributed by atoms with Gasteiger partial charge in [-0.1, -0.05) is 18.2 Å². The number of benzene rings is 1. The third kappa shape index (κ3) is 2.55. The number of aromatic nitrogens is 3. The van der Waals surface area contributed by atoms with E-state index in [-0.39, 0.29) is 5.91 Å². The van der Waals surface area contributed by atoms with Gasteiger partial charge in [-0.25, -0.2) is 0 Å². The summed E-state index contributed by atoms with van der Waals surface area (Å²) >= 11 is 1.49. The molecule has 2 bridgehead atoms. The zero-order valence-electron chi connectivity index (χ0n) is 14.8. The summed E-state index contributed by atoms with van der Waals surface area (Å²) in [5, 5.41) is 5.45. The summed E-state index contributed by atoms with van der Waals surface area (Å²) in [5.41, 5.74) is 2.24. The molecule has 2 aliphatic heterocycles. The standard InChI is InChI=1S/C20H22N4OS/c1-23-18(8-9-21-23)13-10-14-6-7-15(11-13)24(14)20(25)12-17-16-4-2-3-5-19(16)26-22-17/h2-5,8-9,13-15H,6-7,10-12H2,1H3. The minimum absolute atomic E-state index is 0.247. The highest BCUT2D eigenvalue weighted by Gasteiger charge is 2.44. The topological polar surface area (TPSA) is 51.0 Å². The molecule has 0 aliphatic carbocycles. The van der Waals surface area contributed by atoms with Gasteiger partial charge in [-0.15, -0.1) is 0 Å². The van der Waals surface area contributed by atoms with Crippen LogP contribution in [0.2, 0.25) is 0 Å². The number of amides is 1. The molecule has 0 saturated carbocycles. The molecular formula is C20H22N4OS. The minimum atomic E-state index is 0.247. The first-order valence-corrected chi connectivity index (χ1v) is 10.1. The van der Waals surface area contributed by atoms with E-state index in [1.807, 2.05) is 30.1 Å². The van der Waals surface area contributed by atoms with Gasteiger partial charge in [-0.3, -0.25) is 9.48 Å². The van der Waals surface area contributed by atoms with Gasteiger partial charge in [0.05, 0.1) is 16.8 Å². The van der Waals surface area contributed by atoms with Crippen molar-refractivity contribution in [3.63, 3.8) is 0 Å². The number of hydrogen-bond acceptors (Lipinski definition) is 4. The van der Waals surface area contributed by atoms with Crippen LogP contribution in [0.15, 0.2) is 36.5 Å². The summed E-state index contributed by atoms with van der Waals surface area (Å²) in [6.07, 6.45) is 6.67. The quantitative estimate of drug-likeness (QED) is 0.713. The van der Waals surface area contributed by atoms with E-state index in [0.29, 0.717) is 24.4 Å². The minimum Gasteiger partial charge on any atom is -0.336 e. The highest BCUT2D eigenvalue weighted by Crippen LogP contribution is 2.43. The van der Waals surface area contributed by atoms with E-state index >= 15 is 0 Å². The monoisotopic (exact) mass is 366 g/mol. The predicted octanol–water partition coefficient (Wildman–Crippen LogP) is 3.51. The van der Waals surface area contributed by atoms with Gasteiger partial charge in [0, 0.05) is 42.3 Å². The molecule has 0 spiro atoms. The Morgan fingerprint density at radius 1 is 1.19 bits per heavy atom. The Morgan fingerprint density at radius 3 is 2.69 bits per heavy atom. The van der Waals surface area contributed by atoms with Gasteiger partial charge in [0.15, 0.2) is 0 Å². The lowest BCUT2D eigenvalue weighted by Gasteiger charge is -2.39. The molecule has 4 heterocycles. The molecule has 5 nitrogen and oxygen atoms in total. The number of aryl methyl sites for hydroxylation is 1. The molecule has 2 fully saturated rings. The van der Waals surface area contributed by atoms with E-state index in [1.54, 1.807) is 0 Å². The Balaban J connectivity index is 1.35. The summed E-state index contributed by atoms with van der Waals surface area (Å²) in [4.78, 5) is 15.3. The van der Waals surface area contributed by atoms with Gasteiger partial charge >= 0.3 is 0 Å². The van der Waals surface area contributed by atoms with Crippen LogP contribution in [-0.2, 0) is 18.3 Å². The Kier molecular flexibility index (Phi) is 3.81. The molecule has 26 heavy (non-hydrogen) atoms. The van der Waals surface area contributed by atoms with Crippen LogP contribution in [0.25, 0.3) is 10.1 Å². The van der Waals surface area contributed by atoms with E-state index < -0.39 is 0 Å². The average molecular weight is 366 g/mol. The van der Waals surface area contributed by atoms with Gasteiger partial charge in [0.25, 0.3) is 0 Å². The van der Waals surface area contributed by atoms with E-state index in [2.05, 4.69) is 32.6 Å². The highest BCUT2D eigenvalue weighted by atomic mass is 32.1. The van der Waals surface area contributed by atoms with Gasteiger partial charge in [0.2, 0.25) is 5.91 Å². The van der Waals surface area contributed by atoms with Crippen molar-refractivity contribution in [1.82, 2.24) is 19.1 Å². The molecular weight excluding hydrogens is 344 g/mol. The van der Waals surface area contributed by atoms with Crippen LogP contribution < -0.4 is 0 Å². The molecule has 2 atom stereocenters.